The third-order valence-electron chi connectivity index (χ3n) is 8.79. The summed E-state index contributed by atoms with van der Waals surface area (Å²) in [6, 6.07) is 27.2. The zero-order valence-corrected chi connectivity index (χ0v) is 29.6. The lowest BCUT2D eigenvalue weighted by Gasteiger charge is -2.35. The maximum absolute atomic E-state index is 14.7. The number of benzene rings is 4. The van der Waals surface area contributed by atoms with Crippen LogP contribution in [0.2, 0.25) is 10.0 Å². The minimum Gasteiger partial charge on any atom is -0.352 e. The van der Waals surface area contributed by atoms with E-state index in [1.807, 2.05) is 43.3 Å². The Labute approximate surface area is 293 Å². The highest BCUT2D eigenvalue weighted by atomic mass is 35.5. The first kappa shape index (κ1) is 35.5. The van der Waals surface area contributed by atoms with Gasteiger partial charge in [0.2, 0.25) is 11.8 Å². The van der Waals surface area contributed by atoms with Gasteiger partial charge in [0.25, 0.3) is 10.0 Å². The second-order valence-corrected chi connectivity index (χ2v) is 15.2. The van der Waals surface area contributed by atoms with E-state index < -0.39 is 28.5 Å². The number of carbonyl (C=O) groups is 2. The van der Waals surface area contributed by atoms with Crippen molar-refractivity contribution < 1.29 is 18.0 Å². The van der Waals surface area contributed by atoms with Gasteiger partial charge in [-0.25, -0.2) is 8.42 Å². The van der Waals surface area contributed by atoms with Gasteiger partial charge in [0.1, 0.15) is 12.6 Å². The average molecular weight is 707 g/mol. The van der Waals surface area contributed by atoms with Crippen molar-refractivity contribution in [2.24, 2.45) is 0 Å². The lowest BCUT2D eigenvalue weighted by molar-refractivity contribution is -0.140. The monoisotopic (exact) mass is 705 g/mol. The number of hydrogen-bond acceptors (Lipinski definition) is 4. The zero-order chi connectivity index (χ0) is 34.3. The predicted octanol–water partition coefficient (Wildman–Crippen LogP) is 7.89. The fourth-order valence-electron chi connectivity index (χ4n) is 6.13. The smallest absolute Gasteiger partial charge is 0.264 e. The molecule has 4 aromatic carbocycles. The lowest BCUT2D eigenvalue weighted by atomic mass is 9.94. The molecule has 4 aromatic rings. The number of aryl methyl sites for hydroxylation is 2. The van der Waals surface area contributed by atoms with Gasteiger partial charge < -0.3 is 10.2 Å². The summed E-state index contributed by atoms with van der Waals surface area (Å²) in [5.41, 5.74) is 3.40. The van der Waals surface area contributed by atoms with Gasteiger partial charge in [-0.05, 0) is 79.8 Å². The number of nitrogens with one attached hydrogen (secondary N) is 1. The van der Waals surface area contributed by atoms with Crippen LogP contribution in [0.5, 0.6) is 0 Å². The molecule has 1 N–H and O–H groups in total. The zero-order valence-electron chi connectivity index (χ0n) is 27.2. The number of nitrogens with zero attached hydrogens (tertiary/aromatic N) is 2. The van der Waals surface area contributed by atoms with Crippen molar-refractivity contribution in [3.8, 4) is 0 Å². The standard InChI is InChI=1S/C38H41Cl2N3O4S/c1-27-16-20-34(21-17-27)48(46,47)43(35-24-32(40)19-18-28(35)2)26-37(44)42(25-30-12-9-13-31(39)22-30)36(23-29-10-5-3-6-11-29)38(45)41-33-14-7-4-8-15-33/h3,5-6,9-13,16-22,24,33,36H,4,7-8,14-15,23,25-26H2,1-2H3,(H,41,45)/t36-/m1/s1. The molecule has 48 heavy (non-hydrogen) atoms. The second-order valence-electron chi connectivity index (χ2n) is 12.5. The Morgan fingerprint density at radius 1 is 0.812 bits per heavy atom. The van der Waals surface area contributed by atoms with Crippen molar-refractivity contribution in [1.29, 1.82) is 0 Å². The first-order valence-corrected chi connectivity index (χ1v) is 18.4. The number of halogens is 2. The van der Waals surface area contributed by atoms with Crippen molar-refractivity contribution in [1.82, 2.24) is 10.2 Å². The largest absolute Gasteiger partial charge is 0.352 e. The van der Waals surface area contributed by atoms with Crippen molar-refractivity contribution >= 4 is 50.7 Å². The second kappa shape index (κ2) is 16.0. The molecule has 2 amide bonds. The van der Waals surface area contributed by atoms with Crippen molar-refractivity contribution in [2.45, 2.75) is 75.9 Å². The Bertz CT molecular complexity index is 1830. The summed E-state index contributed by atoms with van der Waals surface area (Å²) in [4.78, 5) is 30.5. The third kappa shape index (κ3) is 8.98. The molecule has 1 saturated carbocycles. The van der Waals surface area contributed by atoms with Gasteiger partial charge in [-0.1, -0.05) is 109 Å². The quantitative estimate of drug-likeness (QED) is 0.162. The van der Waals surface area contributed by atoms with Gasteiger partial charge in [-0.2, -0.15) is 0 Å². The summed E-state index contributed by atoms with van der Waals surface area (Å²) < 4.78 is 29.8. The van der Waals surface area contributed by atoms with E-state index in [0.717, 1.165) is 47.5 Å². The number of sulfonamides is 1. The minimum atomic E-state index is -4.24. The Hall–Kier alpha value is -3.85. The molecule has 0 radical (unpaired) electrons. The number of rotatable bonds is 12. The normalized spacial score (nSPS) is 14.2. The first-order chi connectivity index (χ1) is 23.0. The van der Waals surface area contributed by atoms with E-state index in [-0.39, 0.29) is 35.5 Å². The van der Waals surface area contributed by atoms with Gasteiger partial charge in [0.05, 0.1) is 10.6 Å². The van der Waals surface area contributed by atoms with Crippen LogP contribution in [0.15, 0.2) is 102 Å². The predicted molar refractivity (Wildman–Crippen MR) is 193 cm³/mol. The molecule has 7 nitrogen and oxygen atoms in total. The molecule has 1 atom stereocenters. The molecule has 5 rings (SSSR count). The maximum atomic E-state index is 14.7. The molecular formula is C38H41Cl2N3O4S. The molecule has 0 bridgehead atoms. The fraction of sp³-hybridized carbons (Fsp3) is 0.316. The lowest BCUT2D eigenvalue weighted by Crippen LogP contribution is -2.55. The van der Waals surface area contributed by atoms with E-state index in [9.17, 15) is 18.0 Å². The molecule has 1 fully saturated rings. The van der Waals surface area contributed by atoms with Crippen LogP contribution in [0.4, 0.5) is 5.69 Å². The summed E-state index contributed by atoms with van der Waals surface area (Å²) in [6.45, 7) is 3.13. The molecule has 1 aliphatic carbocycles. The Morgan fingerprint density at radius 3 is 2.17 bits per heavy atom. The number of amides is 2. The van der Waals surface area contributed by atoms with Crippen LogP contribution in [-0.4, -0.2) is 43.8 Å². The molecule has 252 valence electrons. The molecule has 0 aromatic heterocycles. The molecule has 0 spiro atoms. The first-order valence-electron chi connectivity index (χ1n) is 16.2. The van der Waals surface area contributed by atoms with E-state index in [4.69, 9.17) is 23.2 Å². The third-order valence-corrected chi connectivity index (χ3v) is 11.0. The van der Waals surface area contributed by atoms with Crippen LogP contribution in [0.25, 0.3) is 0 Å². The molecule has 0 aliphatic heterocycles. The highest BCUT2D eigenvalue weighted by Gasteiger charge is 2.36. The Morgan fingerprint density at radius 2 is 1.48 bits per heavy atom. The highest BCUT2D eigenvalue weighted by molar-refractivity contribution is 7.92. The van der Waals surface area contributed by atoms with E-state index in [1.54, 1.807) is 55.5 Å². The van der Waals surface area contributed by atoms with Crippen LogP contribution in [0, 0.1) is 13.8 Å². The fourth-order valence-corrected chi connectivity index (χ4v) is 7.98. The van der Waals surface area contributed by atoms with Crippen LogP contribution in [0.1, 0.15) is 54.4 Å². The Kier molecular flexibility index (Phi) is 11.8. The van der Waals surface area contributed by atoms with E-state index >= 15 is 0 Å². The van der Waals surface area contributed by atoms with Crippen LogP contribution in [-0.2, 0) is 32.6 Å². The molecule has 1 aliphatic rings. The maximum Gasteiger partial charge on any atom is 0.264 e. The van der Waals surface area contributed by atoms with Crippen LogP contribution < -0.4 is 9.62 Å². The van der Waals surface area contributed by atoms with E-state index in [0.29, 0.717) is 21.2 Å². The minimum absolute atomic E-state index is 0.0140. The Balaban J connectivity index is 1.59. The highest BCUT2D eigenvalue weighted by Crippen LogP contribution is 2.30. The summed E-state index contributed by atoms with van der Waals surface area (Å²) in [7, 11) is -4.24. The van der Waals surface area contributed by atoms with Gasteiger partial charge in [-0.15, -0.1) is 0 Å². The number of anilines is 1. The molecule has 0 heterocycles. The summed E-state index contributed by atoms with van der Waals surface area (Å²) in [5.74, 6) is -0.808. The van der Waals surface area contributed by atoms with Crippen molar-refractivity contribution in [2.75, 3.05) is 10.8 Å². The molecular weight excluding hydrogens is 665 g/mol. The van der Waals surface area contributed by atoms with E-state index in [2.05, 4.69) is 5.32 Å². The summed E-state index contributed by atoms with van der Waals surface area (Å²) in [6.07, 6.45) is 5.19. The van der Waals surface area contributed by atoms with Gasteiger partial charge in [0, 0.05) is 29.1 Å². The van der Waals surface area contributed by atoms with Crippen LogP contribution >= 0.6 is 23.2 Å². The average Bonchev–Trinajstić information content (AvgIpc) is 3.07. The van der Waals surface area contributed by atoms with Gasteiger partial charge in [-0.3, -0.25) is 13.9 Å². The van der Waals surface area contributed by atoms with E-state index in [1.165, 1.54) is 17.0 Å². The van der Waals surface area contributed by atoms with Crippen LogP contribution in [0.3, 0.4) is 0 Å². The SMILES string of the molecule is Cc1ccc(S(=O)(=O)N(CC(=O)N(Cc2cccc(Cl)c2)[C@H](Cc2ccccc2)C(=O)NC2CCCCC2)c2cc(Cl)ccc2C)cc1. The molecule has 0 saturated heterocycles. The van der Waals surface area contributed by atoms with Crippen molar-refractivity contribution in [3.63, 3.8) is 0 Å². The summed E-state index contributed by atoms with van der Waals surface area (Å²) >= 11 is 12.8. The molecule has 0 unspecified atom stereocenters. The van der Waals surface area contributed by atoms with Gasteiger partial charge in [0.15, 0.2) is 0 Å². The van der Waals surface area contributed by atoms with Crippen molar-refractivity contribution in [3.05, 3.63) is 129 Å². The summed E-state index contributed by atoms with van der Waals surface area (Å²) in [5, 5.41) is 4.05. The molecule has 10 heteroatoms. The number of hydrogen-bond donors (Lipinski definition) is 1. The topological polar surface area (TPSA) is 86.8 Å². The number of carbonyl (C=O) groups excluding carboxylic acids is 2. The van der Waals surface area contributed by atoms with Gasteiger partial charge >= 0.3 is 0 Å².